The molecule has 2 aromatic rings. The molecule has 1 unspecified atom stereocenters. The fourth-order valence-corrected chi connectivity index (χ4v) is 5.34. The van der Waals surface area contributed by atoms with Gasteiger partial charge in [0.25, 0.3) is 0 Å². The minimum atomic E-state index is -0.440. The molecule has 31 heavy (non-hydrogen) atoms. The van der Waals surface area contributed by atoms with Gasteiger partial charge in [0, 0.05) is 26.1 Å². The monoisotopic (exact) mass is 422 g/mol. The zero-order chi connectivity index (χ0) is 22.0. The zero-order valence-corrected chi connectivity index (χ0v) is 19.0. The highest BCUT2D eigenvalue weighted by Gasteiger charge is 2.56. The van der Waals surface area contributed by atoms with Crippen LogP contribution in [0.3, 0.4) is 0 Å². The van der Waals surface area contributed by atoms with Crippen LogP contribution in [-0.2, 0) is 20.9 Å². The van der Waals surface area contributed by atoms with Crippen molar-refractivity contribution in [1.82, 2.24) is 9.80 Å². The fourth-order valence-electron chi connectivity index (χ4n) is 5.34. The van der Waals surface area contributed by atoms with Crippen molar-refractivity contribution in [3.63, 3.8) is 0 Å². The summed E-state index contributed by atoms with van der Waals surface area (Å²) in [6.07, 6.45) is 3.08. The number of carbonyl (C=O) groups is 2. The molecule has 2 aromatic carbocycles. The molecule has 2 aliphatic heterocycles. The molecule has 2 aliphatic rings. The van der Waals surface area contributed by atoms with Crippen molar-refractivity contribution in [2.75, 3.05) is 26.7 Å². The molecule has 2 fully saturated rings. The maximum absolute atomic E-state index is 13.1. The maximum Gasteiger partial charge on any atom is 0.311 e. The molecule has 0 aromatic heterocycles. The van der Waals surface area contributed by atoms with E-state index < -0.39 is 5.54 Å². The van der Waals surface area contributed by atoms with E-state index in [0.717, 1.165) is 38.0 Å². The lowest BCUT2D eigenvalue weighted by molar-refractivity contribution is -0.150. The second-order valence-electron chi connectivity index (χ2n) is 9.57. The highest BCUT2D eigenvalue weighted by molar-refractivity contribution is 5.89. The van der Waals surface area contributed by atoms with Crippen LogP contribution in [0, 0.1) is 11.8 Å². The van der Waals surface area contributed by atoms with Gasteiger partial charge in [0.2, 0.25) is 5.91 Å². The predicted octanol–water partition coefficient (Wildman–Crippen LogP) is 4.24. The van der Waals surface area contributed by atoms with Crippen LogP contribution in [0.4, 0.5) is 0 Å². The summed E-state index contributed by atoms with van der Waals surface area (Å²) in [7, 11) is 1.43. The minimum absolute atomic E-state index is 0.0687. The van der Waals surface area contributed by atoms with Crippen LogP contribution < -0.4 is 0 Å². The van der Waals surface area contributed by atoms with Crippen molar-refractivity contribution in [3.8, 4) is 0 Å². The second-order valence-corrected chi connectivity index (χ2v) is 9.57. The summed E-state index contributed by atoms with van der Waals surface area (Å²) < 4.78 is 5.14. The normalized spacial score (nSPS) is 21.4. The number of fused-ring (bicyclic) bond motifs is 1. The number of nitrogens with zero attached hydrogens (tertiary/aromatic N) is 2. The molecule has 0 bridgehead atoms. The molecule has 1 atom stereocenters. The van der Waals surface area contributed by atoms with Gasteiger partial charge in [0.15, 0.2) is 0 Å². The van der Waals surface area contributed by atoms with Gasteiger partial charge in [-0.3, -0.25) is 9.59 Å². The van der Waals surface area contributed by atoms with Crippen molar-refractivity contribution >= 4 is 22.6 Å². The average molecular weight is 423 g/mol. The highest BCUT2D eigenvalue weighted by Crippen LogP contribution is 2.45. The number of esters is 1. The Hall–Kier alpha value is -2.40. The van der Waals surface area contributed by atoms with Crippen LogP contribution in [-0.4, -0.2) is 54.0 Å². The van der Waals surface area contributed by atoms with E-state index in [1.807, 2.05) is 17.0 Å². The largest absolute Gasteiger partial charge is 0.469 e. The lowest BCUT2D eigenvalue weighted by Gasteiger charge is -2.47. The maximum atomic E-state index is 13.1. The van der Waals surface area contributed by atoms with Gasteiger partial charge >= 0.3 is 5.97 Å². The molecule has 0 saturated carbocycles. The zero-order valence-electron chi connectivity index (χ0n) is 19.0. The van der Waals surface area contributed by atoms with Gasteiger partial charge in [0.05, 0.1) is 18.6 Å². The molecule has 0 aliphatic carbocycles. The van der Waals surface area contributed by atoms with E-state index in [1.54, 1.807) is 0 Å². The third-order valence-corrected chi connectivity index (χ3v) is 7.25. The van der Waals surface area contributed by atoms with Gasteiger partial charge in [-0.15, -0.1) is 0 Å². The quantitative estimate of drug-likeness (QED) is 0.654. The average Bonchev–Trinajstić information content (AvgIpc) is 3.04. The van der Waals surface area contributed by atoms with Gasteiger partial charge in [-0.05, 0) is 54.1 Å². The Balaban J connectivity index is 1.58. The Kier molecular flexibility index (Phi) is 6.33. The number of amides is 1. The minimum Gasteiger partial charge on any atom is -0.469 e. The lowest BCUT2D eigenvalue weighted by atomic mass is 9.76. The first-order chi connectivity index (χ1) is 14.9. The van der Waals surface area contributed by atoms with E-state index in [4.69, 9.17) is 4.74 Å². The number of benzene rings is 2. The van der Waals surface area contributed by atoms with E-state index >= 15 is 0 Å². The van der Waals surface area contributed by atoms with Crippen molar-refractivity contribution in [2.45, 2.75) is 51.6 Å². The molecule has 5 nitrogen and oxygen atoms in total. The number of carbonyl (C=O) groups excluding carboxylic acids is 2. The summed E-state index contributed by atoms with van der Waals surface area (Å²) in [6.45, 7) is 7.96. The lowest BCUT2D eigenvalue weighted by Crippen LogP contribution is -2.57. The number of hydrogen-bond acceptors (Lipinski definition) is 4. The van der Waals surface area contributed by atoms with Gasteiger partial charge in [-0.25, -0.2) is 0 Å². The summed E-state index contributed by atoms with van der Waals surface area (Å²) in [6, 6.07) is 14.7. The smallest absolute Gasteiger partial charge is 0.311 e. The summed E-state index contributed by atoms with van der Waals surface area (Å²) in [5, 5.41) is 2.37. The molecule has 166 valence electrons. The van der Waals surface area contributed by atoms with Gasteiger partial charge < -0.3 is 14.5 Å². The first kappa shape index (κ1) is 21.8. The number of likely N-dealkylation sites (tertiary alicyclic amines) is 2. The van der Waals surface area contributed by atoms with Crippen LogP contribution in [0.2, 0.25) is 0 Å². The van der Waals surface area contributed by atoms with Crippen LogP contribution in [0.1, 0.15) is 45.1 Å². The van der Waals surface area contributed by atoms with Crippen molar-refractivity contribution < 1.29 is 14.3 Å². The number of ether oxygens (including phenoxy) is 1. The molecule has 0 radical (unpaired) electrons. The fraction of sp³-hybridized carbons (Fsp3) is 0.538. The Morgan fingerprint density at radius 3 is 2.52 bits per heavy atom. The highest BCUT2D eigenvalue weighted by atomic mass is 16.5. The van der Waals surface area contributed by atoms with Crippen LogP contribution in [0.5, 0.6) is 0 Å². The summed E-state index contributed by atoms with van der Waals surface area (Å²) in [4.78, 5) is 30.3. The standard InChI is InChI=1S/C26H34N2O3/c1-19(2)10-13-27-14-11-26(12-15-27)23(25(30)31-3)17-24(29)28(26)18-20-8-9-21-6-4-5-7-22(21)16-20/h4-9,16,19,23H,10-15,17-18H2,1-3H3. The molecular weight excluding hydrogens is 388 g/mol. The topological polar surface area (TPSA) is 49.9 Å². The van der Waals surface area contributed by atoms with Crippen molar-refractivity contribution in [1.29, 1.82) is 0 Å². The van der Waals surface area contributed by atoms with E-state index in [2.05, 4.69) is 49.1 Å². The Labute approximate surface area is 185 Å². The molecule has 0 N–H and O–H groups in total. The first-order valence-electron chi connectivity index (χ1n) is 11.5. The van der Waals surface area contributed by atoms with Crippen LogP contribution in [0.25, 0.3) is 10.8 Å². The van der Waals surface area contributed by atoms with E-state index in [0.29, 0.717) is 12.5 Å². The van der Waals surface area contributed by atoms with Gasteiger partial charge in [-0.2, -0.15) is 0 Å². The summed E-state index contributed by atoms with van der Waals surface area (Å²) in [5.74, 6) is 0.123. The SMILES string of the molecule is COC(=O)C1CC(=O)N(Cc2ccc3ccccc3c2)C12CCN(CCC(C)C)CC2. The molecule has 1 amide bonds. The van der Waals surface area contributed by atoms with Gasteiger partial charge in [-0.1, -0.05) is 50.2 Å². The summed E-state index contributed by atoms with van der Waals surface area (Å²) in [5.41, 5.74) is 0.670. The Bertz CT molecular complexity index is 947. The number of methoxy groups -OCH3 is 1. The van der Waals surface area contributed by atoms with Crippen molar-refractivity contribution in [3.05, 3.63) is 48.0 Å². The molecule has 4 rings (SSSR count). The van der Waals surface area contributed by atoms with Crippen molar-refractivity contribution in [2.24, 2.45) is 11.8 Å². The Morgan fingerprint density at radius 1 is 1.13 bits per heavy atom. The van der Waals surface area contributed by atoms with Gasteiger partial charge in [0.1, 0.15) is 0 Å². The second kappa shape index (κ2) is 8.99. The molecule has 1 spiro atoms. The molecule has 2 saturated heterocycles. The molecule has 2 heterocycles. The molecule has 5 heteroatoms. The van der Waals surface area contributed by atoms with E-state index in [9.17, 15) is 9.59 Å². The van der Waals surface area contributed by atoms with E-state index in [1.165, 1.54) is 24.3 Å². The Morgan fingerprint density at radius 2 is 1.84 bits per heavy atom. The third-order valence-electron chi connectivity index (χ3n) is 7.25. The predicted molar refractivity (Wildman–Crippen MR) is 122 cm³/mol. The molecular formula is C26H34N2O3. The van der Waals surface area contributed by atoms with E-state index in [-0.39, 0.29) is 24.2 Å². The third kappa shape index (κ3) is 4.33. The number of hydrogen-bond donors (Lipinski definition) is 0. The summed E-state index contributed by atoms with van der Waals surface area (Å²) >= 11 is 0. The first-order valence-corrected chi connectivity index (χ1v) is 11.5. The van der Waals surface area contributed by atoms with Crippen LogP contribution >= 0.6 is 0 Å². The number of piperidine rings is 1. The number of rotatable bonds is 6. The van der Waals surface area contributed by atoms with Crippen LogP contribution in [0.15, 0.2) is 42.5 Å².